The topological polar surface area (TPSA) is 76.5 Å². The van der Waals surface area contributed by atoms with E-state index in [1.807, 2.05) is 0 Å². The Morgan fingerprint density at radius 1 is 1.50 bits per heavy atom. The largest absolute Gasteiger partial charge is 0.476 e. The van der Waals surface area contributed by atoms with Crippen molar-refractivity contribution in [3.05, 3.63) is 29.6 Å². The van der Waals surface area contributed by atoms with E-state index in [1.165, 1.54) is 12.3 Å². The number of rotatable bonds is 2. The monoisotopic (exact) mass is 213 g/mol. The molecule has 1 N–H and O–H groups in total. The van der Waals surface area contributed by atoms with E-state index >= 15 is 0 Å². The highest BCUT2D eigenvalue weighted by atomic mass is 35.5. The number of carboxylic acids is 1. The van der Waals surface area contributed by atoms with Crippen LogP contribution in [0.25, 0.3) is 11.3 Å². The fraction of sp³-hybridized carbons (Fsp3) is 0. The van der Waals surface area contributed by atoms with Gasteiger partial charge in [-0.05, 0) is 17.7 Å². The summed E-state index contributed by atoms with van der Waals surface area (Å²) in [6.07, 6.45) is 2.38. The molecule has 2 aromatic heterocycles. The number of carbonyl (C=O) groups is 1. The van der Waals surface area contributed by atoms with E-state index in [-0.39, 0.29) is 16.7 Å². The quantitative estimate of drug-likeness (QED) is 0.828. The Labute approximate surface area is 82.9 Å². The third-order valence-corrected chi connectivity index (χ3v) is 1.93. The normalized spacial score (nSPS) is 10.4. The first kappa shape index (κ1) is 8.83. The zero-order chi connectivity index (χ0) is 10.1. The molecule has 6 heteroatoms. The van der Waals surface area contributed by atoms with E-state index in [0.717, 1.165) is 6.39 Å². The lowest BCUT2D eigenvalue weighted by molar-refractivity contribution is 0.0691. The third kappa shape index (κ3) is 1.27. The van der Waals surface area contributed by atoms with Crippen molar-refractivity contribution in [1.82, 2.24) is 4.98 Å². The van der Waals surface area contributed by atoms with Crippen molar-refractivity contribution in [3.8, 4) is 11.3 Å². The first-order valence-corrected chi connectivity index (χ1v) is 3.98. The molecule has 72 valence electrons. The van der Waals surface area contributed by atoms with Crippen LogP contribution in [0.2, 0.25) is 5.22 Å². The van der Waals surface area contributed by atoms with E-state index in [0.29, 0.717) is 5.56 Å². The van der Waals surface area contributed by atoms with Crippen LogP contribution in [0, 0.1) is 0 Å². The molecule has 0 atom stereocenters. The number of halogens is 1. The van der Waals surface area contributed by atoms with E-state index in [2.05, 4.69) is 4.98 Å². The molecule has 0 radical (unpaired) electrons. The SMILES string of the molecule is O=C(O)c1ncoc1-c1ccoc1Cl. The summed E-state index contributed by atoms with van der Waals surface area (Å²) in [5, 5.41) is 8.82. The molecule has 0 unspecified atom stereocenters. The van der Waals surface area contributed by atoms with Gasteiger partial charge in [-0.2, -0.15) is 0 Å². The van der Waals surface area contributed by atoms with Gasteiger partial charge in [-0.25, -0.2) is 9.78 Å². The highest BCUT2D eigenvalue weighted by Crippen LogP contribution is 2.30. The second-order valence-corrected chi connectivity index (χ2v) is 2.79. The minimum Gasteiger partial charge on any atom is -0.476 e. The van der Waals surface area contributed by atoms with Gasteiger partial charge >= 0.3 is 5.97 Å². The lowest BCUT2D eigenvalue weighted by Crippen LogP contribution is -1.98. The number of hydrogen-bond acceptors (Lipinski definition) is 4. The highest BCUT2D eigenvalue weighted by molar-refractivity contribution is 6.31. The minimum atomic E-state index is -1.17. The fourth-order valence-corrected chi connectivity index (χ4v) is 1.25. The van der Waals surface area contributed by atoms with Crippen LogP contribution in [0.5, 0.6) is 0 Å². The first-order valence-electron chi connectivity index (χ1n) is 3.60. The molecule has 0 bridgehead atoms. The predicted octanol–water partition coefficient (Wildman–Crippen LogP) is 2.29. The molecule has 14 heavy (non-hydrogen) atoms. The summed E-state index contributed by atoms with van der Waals surface area (Å²) in [6, 6.07) is 1.51. The zero-order valence-electron chi connectivity index (χ0n) is 6.73. The van der Waals surface area contributed by atoms with Crippen molar-refractivity contribution in [3.63, 3.8) is 0 Å². The van der Waals surface area contributed by atoms with Gasteiger partial charge in [0, 0.05) is 0 Å². The summed E-state index contributed by atoms with van der Waals surface area (Å²) >= 11 is 5.66. The van der Waals surface area contributed by atoms with Crippen molar-refractivity contribution < 1.29 is 18.7 Å². The van der Waals surface area contributed by atoms with Crippen molar-refractivity contribution in [2.45, 2.75) is 0 Å². The minimum absolute atomic E-state index is 0.0734. The summed E-state index contributed by atoms with van der Waals surface area (Å²) in [7, 11) is 0. The summed E-state index contributed by atoms with van der Waals surface area (Å²) < 4.78 is 9.72. The number of aromatic carboxylic acids is 1. The molecule has 0 spiro atoms. The van der Waals surface area contributed by atoms with Crippen LogP contribution < -0.4 is 0 Å². The molecule has 2 aromatic rings. The molecular weight excluding hydrogens is 210 g/mol. The van der Waals surface area contributed by atoms with Gasteiger partial charge in [0.2, 0.25) is 5.22 Å². The number of furan rings is 1. The van der Waals surface area contributed by atoms with Gasteiger partial charge in [0.15, 0.2) is 17.8 Å². The highest BCUT2D eigenvalue weighted by Gasteiger charge is 2.20. The van der Waals surface area contributed by atoms with Crippen LogP contribution in [0.3, 0.4) is 0 Å². The van der Waals surface area contributed by atoms with Crippen molar-refractivity contribution in [1.29, 1.82) is 0 Å². The molecule has 0 aliphatic carbocycles. The molecule has 0 aromatic carbocycles. The summed E-state index contributed by atoms with van der Waals surface area (Å²) in [5.74, 6) is -1.08. The van der Waals surface area contributed by atoms with Crippen LogP contribution in [-0.2, 0) is 0 Å². The second-order valence-electron chi connectivity index (χ2n) is 2.44. The Morgan fingerprint density at radius 3 is 2.86 bits per heavy atom. The Balaban J connectivity index is 2.57. The Bertz CT molecular complexity index is 473. The Morgan fingerprint density at radius 2 is 2.29 bits per heavy atom. The summed E-state index contributed by atoms with van der Waals surface area (Å²) in [6.45, 7) is 0. The molecule has 0 fully saturated rings. The van der Waals surface area contributed by atoms with Crippen molar-refractivity contribution in [2.24, 2.45) is 0 Å². The Kier molecular flexibility index (Phi) is 2.01. The third-order valence-electron chi connectivity index (χ3n) is 1.63. The van der Waals surface area contributed by atoms with Crippen molar-refractivity contribution in [2.75, 3.05) is 0 Å². The lowest BCUT2D eigenvalue weighted by Gasteiger charge is -1.92. The van der Waals surface area contributed by atoms with Gasteiger partial charge in [0.25, 0.3) is 0 Å². The van der Waals surface area contributed by atoms with E-state index in [9.17, 15) is 4.79 Å². The predicted molar refractivity (Wildman–Crippen MR) is 46.2 cm³/mol. The molecule has 0 saturated heterocycles. The van der Waals surface area contributed by atoms with E-state index in [4.69, 9.17) is 25.5 Å². The number of carboxylic acid groups (broad SMARTS) is 1. The fourth-order valence-electron chi connectivity index (χ4n) is 1.05. The average Bonchev–Trinajstić information content (AvgIpc) is 2.70. The van der Waals surface area contributed by atoms with Gasteiger partial charge in [0.1, 0.15) is 0 Å². The molecule has 2 heterocycles. The lowest BCUT2D eigenvalue weighted by atomic mass is 10.2. The molecule has 2 rings (SSSR count). The number of nitrogens with zero attached hydrogens (tertiary/aromatic N) is 1. The molecular formula is C8H4ClNO4. The maximum Gasteiger partial charge on any atom is 0.358 e. The zero-order valence-corrected chi connectivity index (χ0v) is 7.49. The summed E-state index contributed by atoms with van der Waals surface area (Å²) in [5.41, 5.74) is 0.190. The molecule has 0 aliphatic rings. The van der Waals surface area contributed by atoms with Gasteiger partial charge in [-0.15, -0.1) is 0 Å². The van der Waals surface area contributed by atoms with Crippen LogP contribution >= 0.6 is 11.6 Å². The van der Waals surface area contributed by atoms with Gasteiger partial charge < -0.3 is 13.9 Å². The van der Waals surface area contributed by atoms with Crippen molar-refractivity contribution >= 4 is 17.6 Å². The van der Waals surface area contributed by atoms with Crippen LogP contribution in [0.1, 0.15) is 10.5 Å². The number of aromatic nitrogens is 1. The maximum absolute atomic E-state index is 10.7. The van der Waals surface area contributed by atoms with Gasteiger partial charge in [-0.3, -0.25) is 0 Å². The maximum atomic E-state index is 10.7. The summed E-state index contributed by atoms with van der Waals surface area (Å²) in [4.78, 5) is 14.2. The molecule has 0 aliphatic heterocycles. The smallest absolute Gasteiger partial charge is 0.358 e. The molecule has 0 amide bonds. The van der Waals surface area contributed by atoms with E-state index in [1.54, 1.807) is 0 Å². The Hall–Kier alpha value is -1.75. The van der Waals surface area contributed by atoms with Crippen LogP contribution in [0.15, 0.2) is 27.6 Å². The second kappa shape index (κ2) is 3.19. The van der Waals surface area contributed by atoms with Crippen LogP contribution in [0.4, 0.5) is 0 Å². The first-order chi connectivity index (χ1) is 6.70. The standard InChI is InChI=1S/C8H4ClNO4/c9-7-4(1-2-13-7)6-5(8(11)12)10-3-14-6/h1-3H,(H,11,12). The average molecular weight is 214 g/mol. The number of oxazole rings is 1. The molecule has 5 nitrogen and oxygen atoms in total. The van der Waals surface area contributed by atoms with E-state index < -0.39 is 5.97 Å². The molecule has 0 saturated carbocycles. The number of hydrogen-bond donors (Lipinski definition) is 1. The van der Waals surface area contributed by atoms with Gasteiger partial charge in [0.05, 0.1) is 11.8 Å². The van der Waals surface area contributed by atoms with Crippen LogP contribution in [-0.4, -0.2) is 16.1 Å². The van der Waals surface area contributed by atoms with Gasteiger partial charge in [-0.1, -0.05) is 0 Å².